The summed E-state index contributed by atoms with van der Waals surface area (Å²) in [4.78, 5) is 1.63. The van der Waals surface area contributed by atoms with Gasteiger partial charge in [-0.05, 0) is 24.6 Å². The molecule has 0 aromatic heterocycles. The molecule has 0 radical (unpaired) electrons. The van der Waals surface area contributed by atoms with Crippen molar-refractivity contribution in [3.8, 4) is 0 Å². The molecule has 0 aliphatic carbocycles. The lowest BCUT2D eigenvalue weighted by molar-refractivity contribution is -0.137. The van der Waals surface area contributed by atoms with E-state index in [4.69, 9.17) is 5.41 Å². The fourth-order valence-corrected chi connectivity index (χ4v) is 2.84. The Morgan fingerprint density at radius 1 is 1.44 bits per heavy atom. The summed E-state index contributed by atoms with van der Waals surface area (Å²) in [7, 11) is 0. The van der Waals surface area contributed by atoms with Crippen molar-refractivity contribution < 1.29 is 13.2 Å². The molecule has 0 saturated carbocycles. The van der Waals surface area contributed by atoms with Crippen molar-refractivity contribution in [1.29, 1.82) is 5.41 Å². The normalized spacial score (nSPS) is 20.6. The van der Waals surface area contributed by atoms with E-state index in [2.05, 4.69) is 0 Å². The maximum absolute atomic E-state index is 12.6. The quantitative estimate of drug-likeness (QED) is 0.883. The summed E-state index contributed by atoms with van der Waals surface area (Å²) in [6.45, 7) is 2.61. The molecule has 2 nitrogen and oxygen atoms in total. The summed E-state index contributed by atoms with van der Waals surface area (Å²) >= 11 is 1.41. The first kappa shape index (κ1) is 13.3. The minimum Gasteiger partial charge on any atom is -0.320 e. The molecule has 18 heavy (non-hydrogen) atoms. The van der Waals surface area contributed by atoms with Gasteiger partial charge in [0.2, 0.25) is 0 Å². The Kier molecular flexibility index (Phi) is 3.56. The maximum atomic E-state index is 12.6. The van der Waals surface area contributed by atoms with Gasteiger partial charge < -0.3 is 4.90 Å². The lowest BCUT2D eigenvalue weighted by Crippen LogP contribution is -2.25. The van der Waals surface area contributed by atoms with E-state index in [9.17, 15) is 13.2 Å². The van der Waals surface area contributed by atoms with Gasteiger partial charge in [0.05, 0.1) is 5.56 Å². The first-order chi connectivity index (χ1) is 8.41. The topological polar surface area (TPSA) is 27.1 Å². The molecule has 0 bridgehead atoms. The minimum absolute atomic E-state index is 0.284. The highest BCUT2D eigenvalue weighted by molar-refractivity contribution is 8.15. The summed E-state index contributed by atoms with van der Waals surface area (Å²) < 4.78 is 37.9. The predicted molar refractivity (Wildman–Crippen MR) is 68.2 cm³/mol. The Morgan fingerprint density at radius 3 is 2.72 bits per heavy atom. The van der Waals surface area contributed by atoms with E-state index in [1.54, 1.807) is 11.0 Å². The molecular formula is C12H13F3N2S. The minimum atomic E-state index is -4.34. The second-order valence-corrected chi connectivity index (χ2v) is 5.40. The van der Waals surface area contributed by atoms with Gasteiger partial charge in [-0.1, -0.05) is 24.8 Å². The SMILES string of the molecule is CCC1CN(c2cccc(C(F)(F)F)c2)C(=N)S1. The summed E-state index contributed by atoms with van der Waals surface area (Å²) in [5.74, 6) is 0. The summed E-state index contributed by atoms with van der Waals surface area (Å²) in [5.41, 5.74) is -0.226. The summed E-state index contributed by atoms with van der Waals surface area (Å²) in [6, 6.07) is 5.15. The molecule has 0 spiro atoms. The number of nitrogens with one attached hydrogen (secondary N) is 1. The molecule has 1 unspecified atom stereocenters. The van der Waals surface area contributed by atoms with Gasteiger partial charge in [0.1, 0.15) is 0 Å². The highest BCUT2D eigenvalue weighted by Crippen LogP contribution is 2.35. The van der Waals surface area contributed by atoms with E-state index in [1.165, 1.54) is 17.8 Å². The Labute approximate surface area is 108 Å². The number of amidine groups is 1. The highest BCUT2D eigenvalue weighted by Gasteiger charge is 2.32. The average Bonchev–Trinajstić information content (AvgIpc) is 2.70. The smallest absolute Gasteiger partial charge is 0.320 e. The Morgan fingerprint density at radius 2 is 2.17 bits per heavy atom. The Hall–Kier alpha value is -1.17. The van der Waals surface area contributed by atoms with Crippen LogP contribution in [0.15, 0.2) is 24.3 Å². The number of nitrogens with zero attached hydrogens (tertiary/aromatic N) is 1. The zero-order valence-electron chi connectivity index (χ0n) is 9.79. The molecule has 1 atom stereocenters. The third-order valence-electron chi connectivity index (χ3n) is 2.85. The van der Waals surface area contributed by atoms with Gasteiger partial charge in [0.15, 0.2) is 5.17 Å². The van der Waals surface area contributed by atoms with Crippen LogP contribution in [0.3, 0.4) is 0 Å². The van der Waals surface area contributed by atoms with Crippen molar-refractivity contribution in [3.63, 3.8) is 0 Å². The Balaban J connectivity index is 2.27. The van der Waals surface area contributed by atoms with Gasteiger partial charge in [0, 0.05) is 17.5 Å². The van der Waals surface area contributed by atoms with Crippen molar-refractivity contribution in [2.45, 2.75) is 24.8 Å². The highest BCUT2D eigenvalue weighted by atomic mass is 32.2. The van der Waals surface area contributed by atoms with Crippen LogP contribution in [0.5, 0.6) is 0 Å². The van der Waals surface area contributed by atoms with Gasteiger partial charge in [-0.2, -0.15) is 13.2 Å². The maximum Gasteiger partial charge on any atom is 0.416 e. The van der Waals surface area contributed by atoms with Gasteiger partial charge in [-0.25, -0.2) is 0 Å². The number of alkyl halides is 3. The molecule has 98 valence electrons. The Bertz CT molecular complexity index is 459. The second-order valence-electron chi connectivity index (χ2n) is 4.11. The molecule has 1 aliphatic heterocycles. The third kappa shape index (κ3) is 2.63. The van der Waals surface area contributed by atoms with Crippen LogP contribution in [0.1, 0.15) is 18.9 Å². The van der Waals surface area contributed by atoms with E-state index in [1.807, 2.05) is 6.92 Å². The average molecular weight is 274 g/mol. The van der Waals surface area contributed by atoms with Crippen LogP contribution in [-0.2, 0) is 6.18 Å². The van der Waals surface area contributed by atoms with Crippen molar-refractivity contribution in [1.82, 2.24) is 0 Å². The van der Waals surface area contributed by atoms with E-state index >= 15 is 0 Å². The molecule has 1 aromatic rings. The van der Waals surface area contributed by atoms with Crippen LogP contribution >= 0.6 is 11.8 Å². The van der Waals surface area contributed by atoms with Crippen molar-refractivity contribution >= 4 is 22.6 Å². The van der Waals surface area contributed by atoms with E-state index < -0.39 is 11.7 Å². The second kappa shape index (κ2) is 4.84. The van der Waals surface area contributed by atoms with Crippen LogP contribution in [0, 0.1) is 5.41 Å². The number of benzene rings is 1. The van der Waals surface area contributed by atoms with Gasteiger partial charge in [-0.3, -0.25) is 5.41 Å². The van der Waals surface area contributed by atoms with Crippen LogP contribution in [-0.4, -0.2) is 17.0 Å². The monoisotopic (exact) mass is 274 g/mol. The number of rotatable bonds is 2. The molecular weight excluding hydrogens is 261 g/mol. The van der Waals surface area contributed by atoms with Crippen molar-refractivity contribution in [2.24, 2.45) is 0 Å². The van der Waals surface area contributed by atoms with Crippen LogP contribution < -0.4 is 4.90 Å². The van der Waals surface area contributed by atoms with Crippen LogP contribution in [0.2, 0.25) is 0 Å². The molecule has 1 N–H and O–H groups in total. The first-order valence-electron chi connectivity index (χ1n) is 5.62. The predicted octanol–water partition coefficient (Wildman–Crippen LogP) is 3.97. The molecule has 6 heteroatoms. The van der Waals surface area contributed by atoms with Gasteiger partial charge >= 0.3 is 6.18 Å². The van der Waals surface area contributed by atoms with Gasteiger partial charge in [-0.15, -0.1) is 0 Å². The molecule has 1 fully saturated rings. The number of anilines is 1. The van der Waals surface area contributed by atoms with Crippen LogP contribution in [0.25, 0.3) is 0 Å². The van der Waals surface area contributed by atoms with Crippen molar-refractivity contribution in [2.75, 3.05) is 11.4 Å². The van der Waals surface area contributed by atoms with E-state index in [0.717, 1.165) is 18.6 Å². The number of thioether (sulfide) groups is 1. The lowest BCUT2D eigenvalue weighted by Gasteiger charge is -2.18. The van der Waals surface area contributed by atoms with E-state index in [-0.39, 0.29) is 5.25 Å². The summed E-state index contributed by atoms with van der Waals surface area (Å²) in [5, 5.41) is 8.42. The molecule has 0 amide bonds. The lowest BCUT2D eigenvalue weighted by atomic mass is 10.2. The van der Waals surface area contributed by atoms with Gasteiger partial charge in [0.25, 0.3) is 0 Å². The standard InChI is InChI=1S/C12H13F3N2S/c1-2-10-7-17(11(16)18-10)9-5-3-4-8(6-9)12(13,14)15/h3-6,10,16H,2,7H2,1H3. The molecule has 1 saturated heterocycles. The number of halogens is 3. The summed E-state index contributed by atoms with van der Waals surface area (Å²) in [6.07, 6.45) is -3.43. The molecule has 1 aliphatic rings. The molecule has 2 rings (SSSR count). The van der Waals surface area contributed by atoms with Crippen LogP contribution in [0.4, 0.5) is 18.9 Å². The number of hydrogen-bond acceptors (Lipinski definition) is 2. The zero-order chi connectivity index (χ0) is 13.3. The largest absolute Gasteiger partial charge is 0.416 e. The van der Waals surface area contributed by atoms with E-state index in [0.29, 0.717) is 17.4 Å². The fraction of sp³-hybridized carbons (Fsp3) is 0.417. The zero-order valence-corrected chi connectivity index (χ0v) is 10.6. The molecule has 1 heterocycles. The first-order valence-corrected chi connectivity index (χ1v) is 6.49. The number of hydrogen-bond donors (Lipinski definition) is 1. The molecule has 1 aromatic carbocycles. The van der Waals surface area contributed by atoms with Crippen molar-refractivity contribution in [3.05, 3.63) is 29.8 Å². The fourth-order valence-electron chi connectivity index (χ4n) is 1.83. The third-order valence-corrected chi connectivity index (χ3v) is 4.11.